The van der Waals surface area contributed by atoms with Crippen LogP contribution in [0.25, 0.3) is 0 Å². The number of nitrogens with one attached hydrogen (secondary N) is 1. The molecule has 0 radical (unpaired) electrons. The van der Waals surface area contributed by atoms with E-state index in [-0.39, 0.29) is 18.7 Å². The highest BCUT2D eigenvalue weighted by Gasteiger charge is 2.20. The minimum atomic E-state index is -1.02. The Kier molecular flexibility index (Phi) is 6.13. The molecule has 0 aliphatic rings. The first-order valence-electron chi connectivity index (χ1n) is 8.08. The van der Waals surface area contributed by atoms with E-state index in [2.05, 4.69) is 11.4 Å². The highest BCUT2D eigenvalue weighted by Crippen LogP contribution is 2.12. The zero-order valence-electron chi connectivity index (χ0n) is 14.1. The van der Waals surface area contributed by atoms with E-state index in [4.69, 9.17) is 0 Å². The number of carbonyl (C=O) groups is 2. The van der Waals surface area contributed by atoms with E-state index < -0.39 is 12.0 Å². The number of carboxylic acid groups (broad SMARTS) is 1. The Bertz CT molecular complexity index is 710. The summed E-state index contributed by atoms with van der Waals surface area (Å²) in [5, 5.41) is 12.0. The van der Waals surface area contributed by atoms with E-state index in [1.54, 1.807) is 0 Å². The molecule has 1 unspecified atom stereocenters. The van der Waals surface area contributed by atoms with Gasteiger partial charge in [0, 0.05) is 12.8 Å². The Hall–Kier alpha value is -2.62. The molecule has 0 spiro atoms. The van der Waals surface area contributed by atoms with Gasteiger partial charge in [-0.3, -0.25) is 4.79 Å². The largest absolute Gasteiger partial charge is 0.480 e. The third-order valence-corrected chi connectivity index (χ3v) is 4.04. The summed E-state index contributed by atoms with van der Waals surface area (Å²) < 4.78 is 0. The zero-order chi connectivity index (χ0) is 17.5. The predicted octanol–water partition coefficient (Wildman–Crippen LogP) is 3.05. The minimum Gasteiger partial charge on any atom is -0.480 e. The maximum absolute atomic E-state index is 12.1. The van der Waals surface area contributed by atoms with Crippen LogP contribution in [0.3, 0.4) is 0 Å². The first-order chi connectivity index (χ1) is 11.5. The second kappa shape index (κ2) is 8.29. The topological polar surface area (TPSA) is 66.4 Å². The molecule has 4 nitrogen and oxygen atoms in total. The third-order valence-electron chi connectivity index (χ3n) is 4.04. The number of hydrogen-bond donors (Lipinski definition) is 2. The monoisotopic (exact) mass is 325 g/mol. The maximum Gasteiger partial charge on any atom is 0.326 e. The van der Waals surface area contributed by atoms with Crippen molar-refractivity contribution in [2.24, 2.45) is 0 Å². The van der Waals surface area contributed by atoms with Crippen LogP contribution in [-0.2, 0) is 22.4 Å². The lowest BCUT2D eigenvalue weighted by Crippen LogP contribution is -2.42. The van der Waals surface area contributed by atoms with Crippen LogP contribution < -0.4 is 5.32 Å². The van der Waals surface area contributed by atoms with Crippen LogP contribution in [0.1, 0.15) is 28.7 Å². The number of rotatable bonds is 7. The SMILES string of the molecule is Cc1ccc(CCC(=O)NC(Cc2ccccc2)C(=O)O)c(C)c1. The van der Waals surface area contributed by atoms with Crippen LogP contribution in [0, 0.1) is 13.8 Å². The Morgan fingerprint density at radius 2 is 1.79 bits per heavy atom. The van der Waals surface area contributed by atoms with E-state index in [1.807, 2.05) is 56.3 Å². The van der Waals surface area contributed by atoms with Crippen LogP contribution in [0.5, 0.6) is 0 Å². The van der Waals surface area contributed by atoms with Gasteiger partial charge in [0.2, 0.25) is 5.91 Å². The van der Waals surface area contributed by atoms with Gasteiger partial charge in [-0.25, -0.2) is 4.79 Å². The van der Waals surface area contributed by atoms with Crippen molar-refractivity contribution in [3.8, 4) is 0 Å². The zero-order valence-corrected chi connectivity index (χ0v) is 14.1. The van der Waals surface area contributed by atoms with Gasteiger partial charge < -0.3 is 10.4 Å². The molecule has 0 aliphatic carbocycles. The first-order valence-corrected chi connectivity index (χ1v) is 8.08. The van der Waals surface area contributed by atoms with Crippen LogP contribution in [0.4, 0.5) is 0 Å². The van der Waals surface area contributed by atoms with Crippen LogP contribution in [-0.4, -0.2) is 23.0 Å². The molecule has 2 aromatic carbocycles. The molecule has 1 atom stereocenters. The summed E-state index contributed by atoms with van der Waals surface area (Å²) >= 11 is 0. The number of hydrogen-bond acceptors (Lipinski definition) is 2. The van der Waals surface area contributed by atoms with Gasteiger partial charge in [0.25, 0.3) is 0 Å². The summed E-state index contributed by atoms with van der Waals surface area (Å²) in [6, 6.07) is 14.5. The number of carboxylic acids is 1. The number of carbonyl (C=O) groups excluding carboxylic acids is 1. The highest BCUT2D eigenvalue weighted by molar-refractivity contribution is 5.83. The molecular weight excluding hydrogens is 302 g/mol. The van der Waals surface area contributed by atoms with Crippen molar-refractivity contribution in [3.05, 3.63) is 70.8 Å². The normalized spacial score (nSPS) is 11.8. The fourth-order valence-corrected chi connectivity index (χ4v) is 2.69. The Labute approximate surface area is 142 Å². The Balaban J connectivity index is 1.92. The number of aliphatic carboxylic acids is 1. The van der Waals surface area contributed by atoms with E-state index in [0.29, 0.717) is 6.42 Å². The molecule has 126 valence electrons. The van der Waals surface area contributed by atoms with Gasteiger partial charge in [-0.2, -0.15) is 0 Å². The first kappa shape index (κ1) is 17.7. The predicted molar refractivity (Wildman–Crippen MR) is 93.9 cm³/mol. The van der Waals surface area contributed by atoms with Gasteiger partial charge in [-0.15, -0.1) is 0 Å². The van der Waals surface area contributed by atoms with Gasteiger partial charge in [0.05, 0.1) is 0 Å². The molecule has 0 saturated heterocycles. The second-order valence-electron chi connectivity index (χ2n) is 6.08. The quantitative estimate of drug-likeness (QED) is 0.822. The van der Waals surface area contributed by atoms with E-state index in [0.717, 1.165) is 16.7 Å². The summed E-state index contributed by atoms with van der Waals surface area (Å²) in [5.74, 6) is -1.25. The van der Waals surface area contributed by atoms with Crippen molar-refractivity contribution in [2.75, 3.05) is 0 Å². The lowest BCUT2D eigenvalue weighted by Gasteiger charge is -2.15. The van der Waals surface area contributed by atoms with E-state index in [1.165, 1.54) is 5.56 Å². The fraction of sp³-hybridized carbons (Fsp3) is 0.300. The van der Waals surface area contributed by atoms with Gasteiger partial charge in [0.15, 0.2) is 0 Å². The average molecular weight is 325 g/mol. The molecular formula is C20H23NO3. The molecule has 24 heavy (non-hydrogen) atoms. The average Bonchev–Trinajstić information content (AvgIpc) is 2.54. The molecule has 0 saturated carbocycles. The smallest absolute Gasteiger partial charge is 0.326 e. The molecule has 2 aromatic rings. The maximum atomic E-state index is 12.1. The summed E-state index contributed by atoms with van der Waals surface area (Å²) in [6.45, 7) is 4.06. The number of benzene rings is 2. The number of amides is 1. The van der Waals surface area contributed by atoms with Crippen molar-refractivity contribution in [1.29, 1.82) is 0 Å². The van der Waals surface area contributed by atoms with E-state index >= 15 is 0 Å². The van der Waals surface area contributed by atoms with Crippen LogP contribution in [0.2, 0.25) is 0 Å². The standard InChI is InChI=1S/C20H23NO3/c1-14-8-9-17(15(2)12-14)10-11-19(22)21-18(20(23)24)13-16-6-4-3-5-7-16/h3-9,12,18H,10-11,13H2,1-2H3,(H,21,22)(H,23,24). The van der Waals surface area contributed by atoms with Gasteiger partial charge >= 0.3 is 5.97 Å². The molecule has 0 heterocycles. The van der Waals surface area contributed by atoms with Crippen molar-refractivity contribution >= 4 is 11.9 Å². The molecule has 0 aromatic heterocycles. The van der Waals surface area contributed by atoms with Crippen LogP contribution in [0.15, 0.2) is 48.5 Å². The third kappa shape index (κ3) is 5.23. The molecule has 2 N–H and O–H groups in total. The summed E-state index contributed by atoms with van der Waals surface area (Å²) in [4.78, 5) is 23.5. The minimum absolute atomic E-state index is 0.238. The van der Waals surface area contributed by atoms with Crippen molar-refractivity contribution in [3.63, 3.8) is 0 Å². The molecule has 0 bridgehead atoms. The van der Waals surface area contributed by atoms with Gasteiger partial charge in [-0.1, -0.05) is 54.1 Å². The van der Waals surface area contributed by atoms with Gasteiger partial charge in [-0.05, 0) is 37.0 Å². The lowest BCUT2D eigenvalue weighted by atomic mass is 10.0. The summed E-state index contributed by atoms with van der Waals surface area (Å²) in [7, 11) is 0. The molecule has 2 rings (SSSR count). The fourth-order valence-electron chi connectivity index (χ4n) is 2.69. The molecule has 0 aliphatic heterocycles. The van der Waals surface area contributed by atoms with E-state index in [9.17, 15) is 14.7 Å². The summed E-state index contributed by atoms with van der Waals surface area (Å²) in [5.41, 5.74) is 4.35. The molecule has 1 amide bonds. The molecule has 4 heteroatoms. The number of aryl methyl sites for hydroxylation is 3. The molecule has 0 fully saturated rings. The van der Waals surface area contributed by atoms with Crippen LogP contribution >= 0.6 is 0 Å². The lowest BCUT2D eigenvalue weighted by molar-refractivity contribution is -0.141. The highest BCUT2D eigenvalue weighted by atomic mass is 16.4. The Morgan fingerprint density at radius 1 is 1.08 bits per heavy atom. The second-order valence-corrected chi connectivity index (χ2v) is 6.08. The van der Waals surface area contributed by atoms with Crippen molar-refractivity contribution in [1.82, 2.24) is 5.32 Å². The van der Waals surface area contributed by atoms with Gasteiger partial charge in [0.1, 0.15) is 6.04 Å². The summed E-state index contributed by atoms with van der Waals surface area (Å²) in [6.07, 6.45) is 1.17. The van der Waals surface area contributed by atoms with Crippen molar-refractivity contribution in [2.45, 2.75) is 39.2 Å². The Morgan fingerprint density at radius 3 is 2.42 bits per heavy atom. The van der Waals surface area contributed by atoms with Crippen molar-refractivity contribution < 1.29 is 14.7 Å².